The van der Waals surface area contributed by atoms with Crippen molar-refractivity contribution in [2.45, 2.75) is 31.8 Å². The number of ether oxygens (including phenoxy) is 2. The zero-order valence-electron chi connectivity index (χ0n) is 15.4. The van der Waals surface area contributed by atoms with E-state index in [4.69, 9.17) is 9.47 Å². The van der Waals surface area contributed by atoms with Gasteiger partial charge in [0.25, 0.3) is 0 Å². The summed E-state index contributed by atoms with van der Waals surface area (Å²) < 4.78 is 10.7. The molecule has 1 aliphatic rings. The van der Waals surface area contributed by atoms with Gasteiger partial charge in [-0.2, -0.15) is 0 Å². The smallest absolute Gasteiger partial charge is 0.124 e. The minimum absolute atomic E-state index is 0.471. The van der Waals surface area contributed by atoms with Crippen LogP contribution in [0.5, 0.6) is 11.5 Å². The summed E-state index contributed by atoms with van der Waals surface area (Å²) in [5.41, 5.74) is 2.46. The molecule has 1 fully saturated rings. The molecule has 2 aromatic rings. The number of hydrogen-bond donors (Lipinski definition) is 1. The largest absolute Gasteiger partial charge is 0.497 e. The van der Waals surface area contributed by atoms with E-state index < -0.39 is 0 Å². The molecule has 4 heteroatoms. The van der Waals surface area contributed by atoms with E-state index >= 15 is 0 Å². The van der Waals surface area contributed by atoms with Crippen LogP contribution in [-0.2, 0) is 0 Å². The Morgan fingerprint density at radius 3 is 2.12 bits per heavy atom. The maximum atomic E-state index is 5.36. The van der Waals surface area contributed by atoms with E-state index in [1.165, 1.54) is 5.56 Å². The first-order valence-electron chi connectivity index (χ1n) is 8.98. The molecule has 134 valence electrons. The molecule has 4 nitrogen and oxygen atoms in total. The van der Waals surface area contributed by atoms with Crippen LogP contribution in [0.15, 0.2) is 48.5 Å². The summed E-state index contributed by atoms with van der Waals surface area (Å²) >= 11 is 0. The van der Waals surface area contributed by atoms with E-state index in [1.807, 2.05) is 18.2 Å². The van der Waals surface area contributed by atoms with Gasteiger partial charge in [0.1, 0.15) is 11.5 Å². The van der Waals surface area contributed by atoms with Gasteiger partial charge in [0.2, 0.25) is 0 Å². The quantitative estimate of drug-likeness (QED) is 0.848. The third-order valence-electron chi connectivity index (χ3n) is 5.08. The fourth-order valence-corrected chi connectivity index (χ4v) is 3.50. The minimum atomic E-state index is 0.471. The molecule has 1 N–H and O–H groups in total. The van der Waals surface area contributed by atoms with Gasteiger partial charge in [-0.05, 0) is 25.3 Å². The third kappa shape index (κ3) is 4.45. The molecule has 1 aliphatic heterocycles. The summed E-state index contributed by atoms with van der Waals surface area (Å²) in [5, 5.41) is 3.64. The van der Waals surface area contributed by atoms with Crippen molar-refractivity contribution in [3.63, 3.8) is 0 Å². The molecule has 25 heavy (non-hydrogen) atoms. The third-order valence-corrected chi connectivity index (χ3v) is 5.08. The second-order valence-corrected chi connectivity index (χ2v) is 6.64. The topological polar surface area (TPSA) is 33.7 Å². The summed E-state index contributed by atoms with van der Waals surface area (Å²) in [6.07, 6.45) is 2.27. The normalized spacial score (nSPS) is 17.1. The van der Waals surface area contributed by atoms with Crippen molar-refractivity contribution in [2.24, 2.45) is 0 Å². The lowest BCUT2D eigenvalue weighted by atomic mass is 10.00. The average molecular weight is 340 g/mol. The first kappa shape index (κ1) is 17.6. The summed E-state index contributed by atoms with van der Waals surface area (Å²) in [5.74, 6) is 1.63. The highest BCUT2D eigenvalue weighted by Crippen LogP contribution is 2.29. The molecule has 1 heterocycles. The van der Waals surface area contributed by atoms with Crippen LogP contribution in [0.2, 0.25) is 0 Å². The van der Waals surface area contributed by atoms with Crippen molar-refractivity contribution in [3.05, 3.63) is 54.1 Å². The summed E-state index contributed by atoms with van der Waals surface area (Å²) in [6, 6.07) is 17.7. The van der Waals surface area contributed by atoms with E-state index in [9.17, 15) is 0 Å². The van der Waals surface area contributed by atoms with E-state index in [2.05, 4.69) is 47.5 Å². The van der Waals surface area contributed by atoms with Crippen molar-refractivity contribution in [1.82, 2.24) is 4.90 Å². The molecule has 0 aromatic heterocycles. The lowest BCUT2D eigenvalue weighted by Crippen LogP contribution is -2.40. The van der Waals surface area contributed by atoms with Crippen molar-refractivity contribution >= 4 is 5.69 Å². The van der Waals surface area contributed by atoms with Gasteiger partial charge in [-0.25, -0.2) is 0 Å². The van der Waals surface area contributed by atoms with Gasteiger partial charge in [0, 0.05) is 49.1 Å². The second-order valence-electron chi connectivity index (χ2n) is 6.64. The first-order chi connectivity index (χ1) is 12.2. The lowest BCUT2D eigenvalue weighted by Gasteiger charge is -2.37. The highest BCUT2D eigenvalue weighted by molar-refractivity contribution is 5.54. The van der Waals surface area contributed by atoms with E-state index in [1.54, 1.807) is 14.2 Å². The Balaban J connectivity index is 1.58. The van der Waals surface area contributed by atoms with Crippen LogP contribution in [0.1, 0.15) is 31.4 Å². The first-order valence-corrected chi connectivity index (χ1v) is 8.98. The molecular formula is C21H28N2O2. The number of piperidine rings is 1. The Labute approximate surface area is 150 Å². The summed E-state index contributed by atoms with van der Waals surface area (Å²) in [7, 11) is 3.37. The molecule has 0 radical (unpaired) electrons. The fraction of sp³-hybridized carbons (Fsp3) is 0.429. The van der Waals surface area contributed by atoms with E-state index in [0.717, 1.165) is 43.1 Å². The number of benzene rings is 2. The Morgan fingerprint density at radius 2 is 1.56 bits per heavy atom. The van der Waals surface area contributed by atoms with Gasteiger partial charge in [-0.3, -0.25) is 4.90 Å². The van der Waals surface area contributed by atoms with Gasteiger partial charge in [0.05, 0.1) is 14.2 Å². The van der Waals surface area contributed by atoms with Gasteiger partial charge >= 0.3 is 0 Å². The number of rotatable bonds is 6. The Bertz CT molecular complexity index is 645. The predicted molar refractivity (Wildman–Crippen MR) is 103 cm³/mol. The molecule has 0 bridgehead atoms. The van der Waals surface area contributed by atoms with Crippen LogP contribution in [0.25, 0.3) is 0 Å². The minimum Gasteiger partial charge on any atom is -0.497 e. The molecule has 3 rings (SSSR count). The average Bonchev–Trinajstić information content (AvgIpc) is 2.68. The molecule has 0 saturated carbocycles. The summed E-state index contributed by atoms with van der Waals surface area (Å²) in [6.45, 7) is 4.51. The van der Waals surface area contributed by atoms with Crippen LogP contribution in [0, 0.1) is 0 Å². The molecule has 1 unspecified atom stereocenters. The zero-order chi connectivity index (χ0) is 17.6. The zero-order valence-corrected chi connectivity index (χ0v) is 15.4. The van der Waals surface area contributed by atoms with Crippen molar-refractivity contribution in [2.75, 3.05) is 32.6 Å². The number of nitrogens with zero attached hydrogens (tertiary/aromatic N) is 1. The fourth-order valence-electron chi connectivity index (χ4n) is 3.50. The van der Waals surface area contributed by atoms with Gasteiger partial charge in [0.15, 0.2) is 0 Å². The number of nitrogens with one attached hydrogen (secondary N) is 1. The SMILES string of the molecule is COc1cc(NC2CCN(C(C)c3ccccc3)CC2)cc(OC)c1. The molecular weight excluding hydrogens is 312 g/mol. The highest BCUT2D eigenvalue weighted by Gasteiger charge is 2.23. The lowest BCUT2D eigenvalue weighted by molar-refractivity contribution is 0.167. The Hall–Kier alpha value is -2.20. The number of likely N-dealkylation sites (tertiary alicyclic amines) is 1. The number of anilines is 1. The molecule has 0 aliphatic carbocycles. The molecule has 2 aromatic carbocycles. The van der Waals surface area contributed by atoms with Crippen LogP contribution in [0.4, 0.5) is 5.69 Å². The monoisotopic (exact) mass is 340 g/mol. The highest BCUT2D eigenvalue weighted by atomic mass is 16.5. The van der Waals surface area contributed by atoms with Crippen molar-refractivity contribution in [3.8, 4) is 11.5 Å². The van der Waals surface area contributed by atoms with E-state index in [-0.39, 0.29) is 0 Å². The van der Waals surface area contributed by atoms with E-state index in [0.29, 0.717) is 12.1 Å². The van der Waals surface area contributed by atoms with Crippen molar-refractivity contribution in [1.29, 1.82) is 0 Å². The number of hydrogen-bond acceptors (Lipinski definition) is 4. The molecule has 1 atom stereocenters. The Kier molecular flexibility index (Phi) is 5.82. The second kappa shape index (κ2) is 8.26. The van der Waals surface area contributed by atoms with Gasteiger partial charge < -0.3 is 14.8 Å². The standard InChI is InChI=1S/C21H28N2O2/c1-16(17-7-5-4-6-8-17)23-11-9-18(10-12-23)22-19-13-20(24-2)15-21(14-19)25-3/h4-8,13-16,18,22H,9-12H2,1-3H3. The van der Waals surface area contributed by atoms with Crippen molar-refractivity contribution < 1.29 is 9.47 Å². The predicted octanol–water partition coefficient (Wildman–Crippen LogP) is 4.34. The van der Waals surface area contributed by atoms with Crippen LogP contribution in [0.3, 0.4) is 0 Å². The van der Waals surface area contributed by atoms with Gasteiger partial charge in [-0.15, -0.1) is 0 Å². The molecule has 0 spiro atoms. The number of methoxy groups -OCH3 is 2. The maximum absolute atomic E-state index is 5.36. The van der Waals surface area contributed by atoms with Crippen LogP contribution >= 0.6 is 0 Å². The van der Waals surface area contributed by atoms with Crippen LogP contribution < -0.4 is 14.8 Å². The molecule has 0 amide bonds. The van der Waals surface area contributed by atoms with Gasteiger partial charge in [-0.1, -0.05) is 30.3 Å². The summed E-state index contributed by atoms with van der Waals surface area (Å²) in [4.78, 5) is 2.57. The Morgan fingerprint density at radius 1 is 0.960 bits per heavy atom. The maximum Gasteiger partial charge on any atom is 0.124 e. The molecule has 1 saturated heterocycles. The van der Waals surface area contributed by atoms with Crippen LogP contribution in [-0.4, -0.2) is 38.3 Å².